The predicted octanol–water partition coefficient (Wildman–Crippen LogP) is 3.90. The lowest BCUT2D eigenvalue weighted by Gasteiger charge is -2.26. The van der Waals surface area contributed by atoms with Crippen LogP contribution in [0, 0.1) is 5.82 Å². The molecule has 0 aliphatic rings. The van der Waals surface area contributed by atoms with Crippen LogP contribution in [-0.4, -0.2) is 11.4 Å². The molecular weight excluding hydrogens is 285 g/mol. The molecule has 1 rings (SSSR count). The third-order valence-corrected chi connectivity index (χ3v) is 3.19. The molecule has 1 aromatic carbocycles. The van der Waals surface area contributed by atoms with Crippen LogP contribution in [0.1, 0.15) is 44.0 Å². The lowest BCUT2D eigenvalue weighted by atomic mass is 9.98. The van der Waals surface area contributed by atoms with E-state index in [4.69, 9.17) is 0 Å². The molecule has 0 bridgehead atoms. The molecule has 0 fully saturated rings. The number of amides is 1. The molecule has 4 heteroatoms. The van der Waals surface area contributed by atoms with Gasteiger partial charge >= 0.3 is 0 Å². The molecular formula is C13H17BrFNO. The van der Waals surface area contributed by atoms with E-state index in [0.717, 1.165) is 12.8 Å². The van der Waals surface area contributed by atoms with Crippen molar-refractivity contribution in [2.24, 2.45) is 0 Å². The van der Waals surface area contributed by atoms with E-state index < -0.39 is 5.82 Å². The van der Waals surface area contributed by atoms with Crippen molar-refractivity contribution >= 4 is 21.8 Å². The van der Waals surface area contributed by atoms with Gasteiger partial charge in [0, 0.05) is 10.0 Å². The van der Waals surface area contributed by atoms with E-state index in [2.05, 4.69) is 28.2 Å². The molecule has 1 N–H and O–H groups in total. The largest absolute Gasteiger partial charge is 0.347 e. The fourth-order valence-electron chi connectivity index (χ4n) is 1.73. The third kappa shape index (κ3) is 4.11. The maximum absolute atomic E-state index is 13.1. The molecule has 0 unspecified atom stereocenters. The zero-order chi connectivity index (χ0) is 13.1. The molecule has 0 atom stereocenters. The summed E-state index contributed by atoms with van der Waals surface area (Å²) < 4.78 is 13.7. The van der Waals surface area contributed by atoms with Crippen LogP contribution in [0.25, 0.3) is 0 Å². The van der Waals surface area contributed by atoms with Crippen LogP contribution < -0.4 is 5.32 Å². The summed E-state index contributed by atoms with van der Waals surface area (Å²) in [5, 5.41) is 2.91. The lowest BCUT2D eigenvalue weighted by molar-refractivity contribution is 0.0907. The predicted molar refractivity (Wildman–Crippen MR) is 70.6 cm³/mol. The van der Waals surface area contributed by atoms with Crippen molar-refractivity contribution in [3.05, 3.63) is 34.1 Å². The number of nitrogens with one attached hydrogen (secondary N) is 1. The minimum atomic E-state index is -0.411. The van der Waals surface area contributed by atoms with Crippen molar-refractivity contribution in [3.8, 4) is 0 Å². The van der Waals surface area contributed by atoms with Crippen molar-refractivity contribution in [3.63, 3.8) is 0 Å². The van der Waals surface area contributed by atoms with Gasteiger partial charge in [0.25, 0.3) is 5.91 Å². The Morgan fingerprint density at radius 3 is 2.71 bits per heavy atom. The maximum atomic E-state index is 13.1. The Balaban J connectivity index is 2.86. The molecule has 0 saturated heterocycles. The first-order valence-electron chi connectivity index (χ1n) is 5.63. The highest BCUT2D eigenvalue weighted by Gasteiger charge is 2.21. The van der Waals surface area contributed by atoms with Crippen LogP contribution in [0.5, 0.6) is 0 Å². The van der Waals surface area contributed by atoms with Crippen LogP contribution in [0.15, 0.2) is 22.7 Å². The number of carbonyl (C=O) groups excluding carboxylic acids is 1. The Kier molecular flexibility index (Phi) is 4.69. The van der Waals surface area contributed by atoms with Gasteiger partial charge in [0.15, 0.2) is 0 Å². The average Bonchev–Trinajstić information content (AvgIpc) is 2.20. The Morgan fingerprint density at radius 2 is 2.12 bits per heavy atom. The highest BCUT2D eigenvalue weighted by atomic mass is 79.9. The summed E-state index contributed by atoms with van der Waals surface area (Å²) in [5.74, 6) is -0.665. The topological polar surface area (TPSA) is 29.1 Å². The fourth-order valence-corrected chi connectivity index (χ4v) is 2.16. The van der Waals surface area contributed by atoms with E-state index in [9.17, 15) is 9.18 Å². The standard InChI is InChI=1S/C13H17BrFNO/c1-4-7-13(2,3)16-12(17)10-8-9(15)5-6-11(10)14/h5-6,8H,4,7H2,1-3H3,(H,16,17). The second kappa shape index (κ2) is 5.63. The summed E-state index contributed by atoms with van der Waals surface area (Å²) >= 11 is 3.25. The van der Waals surface area contributed by atoms with Crippen molar-refractivity contribution in [2.45, 2.75) is 39.2 Å². The highest BCUT2D eigenvalue weighted by Crippen LogP contribution is 2.19. The summed E-state index contributed by atoms with van der Waals surface area (Å²) in [6.07, 6.45) is 1.86. The van der Waals surface area contributed by atoms with E-state index in [1.54, 1.807) is 0 Å². The minimum Gasteiger partial charge on any atom is -0.347 e. The van der Waals surface area contributed by atoms with Gasteiger partial charge in [-0.25, -0.2) is 4.39 Å². The summed E-state index contributed by atoms with van der Waals surface area (Å²) in [5.41, 5.74) is 0.0478. The second-order valence-electron chi connectivity index (χ2n) is 4.71. The number of hydrogen-bond acceptors (Lipinski definition) is 1. The highest BCUT2D eigenvalue weighted by molar-refractivity contribution is 9.10. The van der Waals surface area contributed by atoms with Crippen LogP contribution in [0.2, 0.25) is 0 Å². The van der Waals surface area contributed by atoms with E-state index in [0.29, 0.717) is 10.0 Å². The van der Waals surface area contributed by atoms with E-state index in [-0.39, 0.29) is 11.4 Å². The Labute approximate surface area is 110 Å². The number of hydrogen-bond donors (Lipinski definition) is 1. The zero-order valence-electron chi connectivity index (χ0n) is 10.3. The van der Waals surface area contributed by atoms with Gasteiger partial charge in [-0.3, -0.25) is 4.79 Å². The Hall–Kier alpha value is -0.900. The molecule has 0 spiro atoms. The van der Waals surface area contributed by atoms with Crippen molar-refractivity contribution in [2.75, 3.05) is 0 Å². The van der Waals surface area contributed by atoms with Gasteiger partial charge in [0.2, 0.25) is 0 Å². The van der Waals surface area contributed by atoms with Gasteiger partial charge < -0.3 is 5.32 Å². The summed E-state index contributed by atoms with van der Waals surface area (Å²) in [6, 6.07) is 4.09. The maximum Gasteiger partial charge on any atom is 0.252 e. The molecule has 0 aromatic heterocycles. The number of benzene rings is 1. The Bertz CT molecular complexity index is 418. The molecule has 1 aromatic rings. The first-order valence-corrected chi connectivity index (χ1v) is 6.42. The van der Waals surface area contributed by atoms with Crippen molar-refractivity contribution < 1.29 is 9.18 Å². The number of carbonyl (C=O) groups is 1. The molecule has 0 aliphatic carbocycles. The molecule has 94 valence electrons. The molecule has 0 radical (unpaired) electrons. The average molecular weight is 302 g/mol. The fraction of sp³-hybridized carbons (Fsp3) is 0.462. The molecule has 1 amide bonds. The van der Waals surface area contributed by atoms with Gasteiger partial charge in [-0.1, -0.05) is 13.3 Å². The summed E-state index contributed by atoms with van der Waals surface area (Å²) in [6.45, 7) is 5.98. The van der Waals surface area contributed by atoms with Gasteiger partial charge in [-0.05, 0) is 54.4 Å². The summed E-state index contributed by atoms with van der Waals surface area (Å²) in [7, 11) is 0. The van der Waals surface area contributed by atoms with Gasteiger partial charge in [0.1, 0.15) is 5.82 Å². The molecule has 0 aliphatic heterocycles. The second-order valence-corrected chi connectivity index (χ2v) is 5.57. The van der Waals surface area contributed by atoms with Crippen LogP contribution in [0.4, 0.5) is 4.39 Å². The summed E-state index contributed by atoms with van der Waals surface area (Å²) in [4.78, 5) is 12.0. The molecule has 17 heavy (non-hydrogen) atoms. The lowest BCUT2D eigenvalue weighted by Crippen LogP contribution is -2.43. The van der Waals surface area contributed by atoms with E-state index >= 15 is 0 Å². The van der Waals surface area contributed by atoms with Crippen molar-refractivity contribution in [1.82, 2.24) is 5.32 Å². The Morgan fingerprint density at radius 1 is 1.47 bits per heavy atom. The van der Waals surface area contributed by atoms with E-state index in [1.165, 1.54) is 18.2 Å². The van der Waals surface area contributed by atoms with Crippen molar-refractivity contribution in [1.29, 1.82) is 0 Å². The van der Waals surface area contributed by atoms with Gasteiger partial charge in [-0.2, -0.15) is 0 Å². The van der Waals surface area contributed by atoms with Gasteiger partial charge in [-0.15, -0.1) is 0 Å². The first kappa shape index (κ1) is 14.2. The normalized spacial score (nSPS) is 11.4. The van der Waals surface area contributed by atoms with Gasteiger partial charge in [0.05, 0.1) is 5.56 Å². The first-order chi connectivity index (χ1) is 7.85. The third-order valence-electron chi connectivity index (χ3n) is 2.50. The number of halogens is 2. The van der Waals surface area contributed by atoms with Crippen LogP contribution in [-0.2, 0) is 0 Å². The van der Waals surface area contributed by atoms with Crippen LogP contribution >= 0.6 is 15.9 Å². The minimum absolute atomic E-state index is 0.255. The molecule has 0 saturated carbocycles. The quantitative estimate of drug-likeness (QED) is 0.898. The monoisotopic (exact) mass is 301 g/mol. The number of rotatable bonds is 4. The van der Waals surface area contributed by atoms with Crippen LogP contribution in [0.3, 0.4) is 0 Å². The smallest absolute Gasteiger partial charge is 0.252 e. The molecule has 2 nitrogen and oxygen atoms in total. The molecule has 0 heterocycles. The van der Waals surface area contributed by atoms with E-state index in [1.807, 2.05) is 13.8 Å². The SMILES string of the molecule is CCCC(C)(C)NC(=O)c1cc(F)ccc1Br. The zero-order valence-corrected chi connectivity index (χ0v) is 11.9.